The number of rotatable bonds is 7. The number of benzene rings is 2. The zero-order valence-corrected chi connectivity index (χ0v) is 17.7. The summed E-state index contributed by atoms with van der Waals surface area (Å²) in [4.78, 5) is 19.0. The zero-order valence-electron chi connectivity index (χ0n) is 17.7. The number of hydrogen-bond donors (Lipinski definition) is 0. The lowest BCUT2D eigenvalue weighted by atomic mass is 10.1. The minimum atomic E-state index is -0.224. The Hall–Kier alpha value is -3.75. The first-order valence-corrected chi connectivity index (χ1v) is 9.66. The monoisotopic (exact) mass is 425 g/mol. The van der Waals surface area contributed by atoms with Gasteiger partial charge in [0.05, 0.1) is 40.0 Å². The van der Waals surface area contributed by atoms with Crippen molar-refractivity contribution in [2.75, 3.05) is 39.9 Å². The van der Waals surface area contributed by atoms with Gasteiger partial charge in [-0.1, -0.05) is 17.3 Å². The third-order valence-electron chi connectivity index (χ3n) is 5.21. The highest BCUT2D eigenvalue weighted by atomic mass is 16.5. The van der Waals surface area contributed by atoms with Gasteiger partial charge in [0.1, 0.15) is 5.75 Å². The smallest absolute Gasteiger partial charge is 0.232 e. The van der Waals surface area contributed by atoms with E-state index in [0.717, 1.165) is 5.56 Å². The van der Waals surface area contributed by atoms with Crippen LogP contribution in [0, 0.1) is 0 Å². The molecule has 1 fully saturated rings. The van der Waals surface area contributed by atoms with Gasteiger partial charge in [0.15, 0.2) is 11.5 Å². The first kappa shape index (κ1) is 20.5. The lowest BCUT2D eigenvalue weighted by molar-refractivity contribution is -0.117. The lowest BCUT2D eigenvalue weighted by Gasteiger charge is -2.20. The van der Waals surface area contributed by atoms with E-state index in [1.165, 1.54) is 21.3 Å². The summed E-state index contributed by atoms with van der Waals surface area (Å²) in [5.74, 6) is 2.72. The third-order valence-corrected chi connectivity index (χ3v) is 5.21. The molecule has 162 valence electrons. The van der Waals surface area contributed by atoms with Gasteiger partial charge in [-0.05, 0) is 12.1 Å². The van der Waals surface area contributed by atoms with Crippen LogP contribution in [-0.4, -0.2) is 51.0 Å². The Bertz CT molecular complexity index is 1070. The van der Waals surface area contributed by atoms with Crippen LogP contribution in [0.15, 0.2) is 40.9 Å². The second-order valence-electron chi connectivity index (χ2n) is 6.98. The summed E-state index contributed by atoms with van der Waals surface area (Å²) >= 11 is 0. The fraction of sp³-hybridized carbons (Fsp3) is 0.318. The van der Waals surface area contributed by atoms with Crippen LogP contribution in [0.4, 0.5) is 5.69 Å². The molecular formula is C22H23N3O6. The van der Waals surface area contributed by atoms with Crippen molar-refractivity contribution in [1.29, 1.82) is 0 Å². The Labute approximate surface area is 179 Å². The predicted octanol–water partition coefficient (Wildman–Crippen LogP) is 3.29. The molecule has 1 amide bonds. The Morgan fingerprint density at radius 2 is 1.74 bits per heavy atom. The minimum absolute atomic E-state index is 0.0552. The minimum Gasteiger partial charge on any atom is -0.497 e. The van der Waals surface area contributed by atoms with Gasteiger partial charge in [-0.25, -0.2) is 0 Å². The van der Waals surface area contributed by atoms with E-state index in [1.807, 2.05) is 24.3 Å². The van der Waals surface area contributed by atoms with Crippen LogP contribution < -0.4 is 23.8 Å². The Kier molecular flexibility index (Phi) is 5.66. The highest BCUT2D eigenvalue weighted by Crippen LogP contribution is 2.43. The van der Waals surface area contributed by atoms with Gasteiger partial charge in [0.2, 0.25) is 23.4 Å². The second-order valence-corrected chi connectivity index (χ2v) is 6.98. The molecule has 1 aliphatic rings. The maximum absolute atomic E-state index is 12.8. The first-order valence-electron chi connectivity index (χ1n) is 9.66. The van der Waals surface area contributed by atoms with E-state index in [0.29, 0.717) is 46.9 Å². The van der Waals surface area contributed by atoms with E-state index in [9.17, 15) is 4.79 Å². The van der Waals surface area contributed by atoms with Crippen molar-refractivity contribution in [2.24, 2.45) is 0 Å². The van der Waals surface area contributed by atoms with Crippen LogP contribution in [-0.2, 0) is 4.79 Å². The number of carbonyl (C=O) groups is 1. The van der Waals surface area contributed by atoms with Crippen LogP contribution in [0.5, 0.6) is 23.0 Å². The van der Waals surface area contributed by atoms with Gasteiger partial charge in [0.25, 0.3) is 0 Å². The zero-order chi connectivity index (χ0) is 22.0. The number of aromatic nitrogens is 2. The molecule has 9 nitrogen and oxygen atoms in total. The summed E-state index contributed by atoms with van der Waals surface area (Å²) in [6.07, 6.45) is 0.260. The molecule has 0 radical (unpaired) electrons. The molecule has 2 aromatic carbocycles. The van der Waals surface area contributed by atoms with Crippen molar-refractivity contribution in [1.82, 2.24) is 10.1 Å². The number of carbonyl (C=O) groups excluding carboxylic acids is 1. The van der Waals surface area contributed by atoms with Crippen LogP contribution in [0.25, 0.3) is 11.4 Å². The molecule has 9 heteroatoms. The van der Waals surface area contributed by atoms with Crippen LogP contribution in [0.2, 0.25) is 0 Å². The fourth-order valence-electron chi connectivity index (χ4n) is 3.63. The Morgan fingerprint density at radius 1 is 1.00 bits per heavy atom. The van der Waals surface area contributed by atoms with Gasteiger partial charge in [-0.15, -0.1) is 0 Å². The number of methoxy groups -OCH3 is 4. The molecule has 1 aliphatic heterocycles. The number of amides is 1. The summed E-state index contributed by atoms with van der Waals surface area (Å²) in [5.41, 5.74) is 1.43. The number of ether oxygens (including phenoxy) is 4. The van der Waals surface area contributed by atoms with Gasteiger partial charge in [0, 0.05) is 30.7 Å². The SMILES string of the molecule is COc1cccc(-c2noc(C3CC(=O)N(c4cc(OC)c(OC)c(OC)c4)C3)n2)c1. The third kappa shape index (κ3) is 3.86. The average molecular weight is 425 g/mol. The van der Waals surface area contributed by atoms with E-state index < -0.39 is 0 Å². The standard InChI is InChI=1S/C22H23N3O6/c1-27-16-7-5-6-13(8-16)21-23-22(31-24-21)14-9-19(26)25(12-14)15-10-17(28-2)20(30-4)18(11-15)29-3/h5-8,10-11,14H,9,12H2,1-4H3. The summed E-state index contributed by atoms with van der Waals surface area (Å²) < 4.78 is 26.9. The largest absolute Gasteiger partial charge is 0.497 e. The quantitative estimate of drug-likeness (QED) is 0.569. The molecule has 1 unspecified atom stereocenters. The van der Waals surface area contributed by atoms with Crippen molar-refractivity contribution in [2.45, 2.75) is 12.3 Å². The van der Waals surface area contributed by atoms with Crippen molar-refractivity contribution in [3.05, 3.63) is 42.3 Å². The van der Waals surface area contributed by atoms with Crippen molar-refractivity contribution >= 4 is 11.6 Å². The maximum Gasteiger partial charge on any atom is 0.232 e. The van der Waals surface area contributed by atoms with Crippen LogP contribution >= 0.6 is 0 Å². The molecule has 4 rings (SSSR count). The molecule has 0 aliphatic carbocycles. The van der Waals surface area contributed by atoms with Crippen molar-refractivity contribution in [3.8, 4) is 34.4 Å². The maximum atomic E-state index is 12.8. The van der Waals surface area contributed by atoms with Crippen molar-refractivity contribution < 1.29 is 28.3 Å². The molecular weight excluding hydrogens is 402 g/mol. The highest BCUT2D eigenvalue weighted by molar-refractivity contribution is 5.97. The fourth-order valence-corrected chi connectivity index (χ4v) is 3.63. The molecule has 1 saturated heterocycles. The lowest BCUT2D eigenvalue weighted by Crippen LogP contribution is -2.24. The Morgan fingerprint density at radius 3 is 2.39 bits per heavy atom. The van der Waals surface area contributed by atoms with E-state index in [1.54, 1.807) is 24.1 Å². The molecule has 1 atom stereocenters. The first-order chi connectivity index (χ1) is 15.1. The Balaban J connectivity index is 1.59. The molecule has 0 spiro atoms. The molecule has 2 heterocycles. The van der Waals surface area contributed by atoms with Crippen LogP contribution in [0.3, 0.4) is 0 Å². The van der Waals surface area contributed by atoms with Crippen LogP contribution in [0.1, 0.15) is 18.2 Å². The van der Waals surface area contributed by atoms with E-state index in [4.69, 9.17) is 23.5 Å². The van der Waals surface area contributed by atoms with E-state index in [-0.39, 0.29) is 18.2 Å². The number of nitrogens with zero attached hydrogens (tertiary/aromatic N) is 3. The summed E-state index contributed by atoms with van der Waals surface area (Å²) in [5, 5.41) is 4.08. The van der Waals surface area contributed by atoms with E-state index in [2.05, 4.69) is 10.1 Å². The molecule has 0 bridgehead atoms. The van der Waals surface area contributed by atoms with Gasteiger partial charge < -0.3 is 28.4 Å². The van der Waals surface area contributed by atoms with Crippen molar-refractivity contribution in [3.63, 3.8) is 0 Å². The van der Waals surface area contributed by atoms with Gasteiger partial charge >= 0.3 is 0 Å². The molecule has 0 saturated carbocycles. The summed E-state index contributed by atoms with van der Waals surface area (Å²) in [6.45, 7) is 0.400. The predicted molar refractivity (Wildman–Crippen MR) is 112 cm³/mol. The average Bonchev–Trinajstić information content (AvgIpc) is 3.45. The number of anilines is 1. The molecule has 0 N–H and O–H groups in total. The summed E-state index contributed by atoms with van der Waals surface area (Å²) in [7, 11) is 6.21. The normalized spacial score (nSPS) is 15.8. The molecule has 31 heavy (non-hydrogen) atoms. The molecule has 3 aromatic rings. The second kappa shape index (κ2) is 8.55. The summed E-state index contributed by atoms with van der Waals surface area (Å²) in [6, 6.07) is 10.9. The van der Waals surface area contributed by atoms with Gasteiger partial charge in [-0.3, -0.25) is 4.79 Å². The van der Waals surface area contributed by atoms with Gasteiger partial charge in [-0.2, -0.15) is 4.98 Å². The van der Waals surface area contributed by atoms with E-state index >= 15 is 0 Å². The number of hydrogen-bond acceptors (Lipinski definition) is 8. The topological polar surface area (TPSA) is 96.2 Å². The highest BCUT2D eigenvalue weighted by Gasteiger charge is 2.36. The molecule has 1 aromatic heterocycles.